The smallest absolute Gasteiger partial charge is 0.0860 e. The predicted molar refractivity (Wildman–Crippen MR) is 66.6 cm³/mol. The third-order valence-electron chi connectivity index (χ3n) is 2.33. The lowest BCUT2D eigenvalue weighted by Gasteiger charge is -2.15. The van der Waals surface area contributed by atoms with E-state index in [1.807, 2.05) is 6.20 Å². The van der Waals surface area contributed by atoms with Crippen molar-refractivity contribution < 1.29 is 0 Å². The van der Waals surface area contributed by atoms with E-state index in [2.05, 4.69) is 41.3 Å². The molecule has 0 aliphatic carbocycles. The second-order valence-electron chi connectivity index (χ2n) is 3.57. The number of nitrogens with one attached hydrogen (secondary N) is 1. The summed E-state index contributed by atoms with van der Waals surface area (Å²) in [6.45, 7) is 5.13. The average Bonchev–Trinajstić information content (AvgIpc) is 2.74. The van der Waals surface area contributed by atoms with Crippen LogP contribution in [0.4, 0.5) is 0 Å². The van der Waals surface area contributed by atoms with Crippen LogP contribution in [0.2, 0.25) is 0 Å². The Morgan fingerprint density at radius 1 is 1.38 bits per heavy atom. The maximum atomic E-state index is 4.36. The topological polar surface area (TPSA) is 37.8 Å². The quantitative estimate of drug-likeness (QED) is 0.882. The van der Waals surface area contributed by atoms with E-state index in [4.69, 9.17) is 0 Å². The Morgan fingerprint density at radius 3 is 2.81 bits per heavy atom. The van der Waals surface area contributed by atoms with Crippen molar-refractivity contribution in [3.05, 3.63) is 46.2 Å². The van der Waals surface area contributed by atoms with Gasteiger partial charge in [-0.15, -0.1) is 11.3 Å². The fraction of sp³-hybridized carbons (Fsp3) is 0.333. The first-order chi connectivity index (χ1) is 7.81. The highest BCUT2D eigenvalue weighted by atomic mass is 32.1. The second-order valence-corrected chi connectivity index (χ2v) is 4.89. The second kappa shape index (κ2) is 5.18. The molecule has 1 unspecified atom stereocenters. The molecule has 4 heteroatoms. The Morgan fingerprint density at radius 2 is 2.25 bits per heavy atom. The molecule has 2 heterocycles. The first-order valence-corrected chi connectivity index (χ1v) is 6.18. The van der Waals surface area contributed by atoms with E-state index in [-0.39, 0.29) is 6.04 Å². The molecule has 0 amide bonds. The van der Waals surface area contributed by atoms with E-state index >= 15 is 0 Å². The van der Waals surface area contributed by atoms with Crippen molar-refractivity contribution in [1.29, 1.82) is 0 Å². The summed E-state index contributed by atoms with van der Waals surface area (Å²) in [6.07, 6.45) is 5.26. The molecule has 0 aliphatic heterocycles. The molecule has 0 aromatic carbocycles. The fourth-order valence-electron chi connectivity index (χ4n) is 1.62. The summed E-state index contributed by atoms with van der Waals surface area (Å²) < 4.78 is 0. The zero-order chi connectivity index (χ0) is 11.4. The SMILES string of the molecule is CCNC(c1cnccn1)c1ccc(C)s1. The molecule has 1 atom stereocenters. The van der Waals surface area contributed by atoms with Gasteiger partial charge in [0.1, 0.15) is 0 Å². The van der Waals surface area contributed by atoms with Gasteiger partial charge in [0.05, 0.1) is 17.9 Å². The molecular weight excluding hydrogens is 218 g/mol. The number of thiophene rings is 1. The normalized spacial score (nSPS) is 12.6. The Hall–Kier alpha value is -1.26. The molecule has 1 N–H and O–H groups in total. The van der Waals surface area contributed by atoms with Gasteiger partial charge in [-0.05, 0) is 25.6 Å². The van der Waals surface area contributed by atoms with Crippen LogP contribution in [0.25, 0.3) is 0 Å². The van der Waals surface area contributed by atoms with E-state index < -0.39 is 0 Å². The molecule has 3 nitrogen and oxygen atoms in total. The fourth-order valence-corrected chi connectivity index (χ4v) is 2.59. The molecule has 2 aromatic heterocycles. The van der Waals surface area contributed by atoms with Crippen LogP contribution in [0.15, 0.2) is 30.7 Å². The minimum absolute atomic E-state index is 0.164. The zero-order valence-electron chi connectivity index (χ0n) is 9.47. The third-order valence-corrected chi connectivity index (χ3v) is 3.40. The van der Waals surface area contributed by atoms with Gasteiger partial charge in [-0.25, -0.2) is 0 Å². The van der Waals surface area contributed by atoms with Gasteiger partial charge in [-0.1, -0.05) is 6.92 Å². The van der Waals surface area contributed by atoms with Crippen LogP contribution < -0.4 is 5.32 Å². The lowest BCUT2D eigenvalue weighted by atomic mass is 10.2. The highest BCUT2D eigenvalue weighted by Gasteiger charge is 2.15. The molecule has 2 rings (SSSR count). The number of aromatic nitrogens is 2. The van der Waals surface area contributed by atoms with E-state index in [9.17, 15) is 0 Å². The van der Waals surface area contributed by atoms with E-state index in [1.165, 1.54) is 9.75 Å². The molecule has 16 heavy (non-hydrogen) atoms. The van der Waals surface area contributed by atoms with E-state index in [0.29, 0.717) is 0 Å². The monoisotopic (exact) mass is 233 g/mol. The average molecular weight is 233 g/mol. The molecular formula is C12H15N3S. The van der Waals surface area contributed by atoms with Crippen molar-refractivity contribution in [2.75, 3.05) is 6.54 Å². The molecule has 2 aromatic rings. The maximum absolute atomic E-state index is 4.36. The number of rotatable bonds is 4. The van der Waals surface area contributed by atoms with Crippen molar-refractivity contribution in [3.8, 4) is 0 Å². The van der Waals surface area contributed by atoms with Gasteiger partial charge >= 0.3 is 0 Å². The van der Waals surface area contributed by atoms with Gasteiger partial charge in [-0.2, -0.15) is 0 Å². The minimum Gasteiger partial charge on any atom is -0.305 e. The largest absolute Gasteiger partial charge is 0.305 e. The highest BCUT2D eigenvalue weighted by Crippen LogP contribution is 2.26. The zero-order valence-corrected chi connectivity index (χ0v) is 10.3. The van der Waals surface area contributed by atoms with Gasteiger partial charge in [0.2, 0.25) is 0 Å². The van der Waals surface area contributed by atoms with Crippen LogP contribution >= 0.6 is 11.3 Å². The summed E-state index contributed by atoms with van der Waals surface area (Å²) in [7, 11) is 0. The number of aryl methyl sites for hydroxylation is 1. The Kier molecular flexibility index (Phi) is 3.64. The van der Waals surface area contributed by atoms with Crippen molar-refractivity contribution in [2.24, 2.45) is 0 Å². The first-order valence-electron chi connectivity index (χ1n) is 5.37. The summed E-state index contributed by atoms with van der Waals surface area (Å²) in [5.41, 5.74) is 0.978. The van der Waals surface area contributed by atoms with Gasteiger partial charge in [0.15, 0.2) is 0 Å². The minimum atomic E-state index is 0.164. The van der Waals surface area contributed by atoms with Gasteiger partial charge in [0, 0.05) is 22.1 Å². The molecule has 0 saturated carbocycles. The Balaban J connectivity index is 2.31. The summed E-state index contributed by atoms with van der Waals surface area (Å²) in [4.78, 5) is 11.1. The van der Waals surface area contributed by atoms with Crippen molar-refractivity contribution >= 4 is 11.3 Å². The molecule has 0 spiro atoms. The van der Waals surface area contributed by atoms with E-state index in [1.54, 1.807) is 23.7 Å². The molecule has 0 aliphatic rings. The molecule has 84 valence electrons. The number of hydrogen-bond donors (Lipinski definition) is 1. The van der Waals surface area contributed by atoms with E-state index in [0.717, 1.165) is 12.2 Å². The van der Waals surface area contributed by atoms with Crippen LogP contribution in [0.5, 0.6) is 0 Å². The lowest BCUT2D eigenvalue weighted by Crippen LogP contribution is -2.22. The predicted octanol–water partition coefficient (Wildman–Crippen LogP) is 2.55. The highest BCUT2D eigenvalue weighted by molar-refractivity contribution is 7.12. The molecule has 0 fully saturated rings. The standard InChI is InChI=1S/C12H15N3S/c1-3-14-12(10-8-13-6-7-15-10)11-5-4-9(2)16-11/h4-8,12,14H,3H2,1-2H3. The van der Waals surface area contributed by atoms with Crippen LogP contribution in [0.3, 0.4) is 0 Å². The molecule has 0 bridgehead atoms. The Labute approximate surface area is 99.6 Å². The van der Waals surface area contributed by atoms with Crippen LogP contribution in [-0.2, 0) is 0 Å². The first kappa shape index (κ1) is 11.2. The van der Waals surface area contributed by atoms with Crippen molar-refractivity contribution in [3.63, 3.8) is 0 Å². The van der Waals surface area contributed by atoms with Gasteiger partial charge in [0.25, 0.3) is 0 Å². The summed E-state index contributed by atoms with van der Waals surface area (Å²) >= 11 is 1.80. The van der Waals surface area contributed by atoms with Crippen molar-refractivity contribution in [2.45, 2.75) is 19.9 Å². The summed E-state index contributed by atoms with van der Waals surface area (Å²) in [5.74, 6) is 0. The van der Waals surface area contributed by atoms with Crippen LogP contribution in [0, 0.1) is 6.92 Å². The number of hydrogen-bond acceptors (Lipinski definition) is 4. The summed E-state index contributed by atoms with van der Waals surface area (Å²) in [6, 6.07) is 4.46. The van der Waals surface area contributed by atoms with Crippen molar-refractivity contribution in [1.82, 2.24) is 15.3 Å². The van der Waals surface area contributed by atoms with Gasteiger partial charge < -0.3 is 5.32 Å². The van der Waals surface area contributed by atoms with Crippen LogP contribution in [-0.4, -0.2) is 16.5 Å². The Bertz CT molecular complexity index is 439. The third kappa shape index (κ3) is 2.46. The maximum Gasteiger partial charge on any atom is 0.0860 e. The molecule has 0 saturated heterocycles. The number of nitrogens with zero attached hydrogens (tertiary/aromatic N) is 2. The van der Waals surface area contributed by atoms with Crippen LogP contribution in [0.1, 0.15) is 28.4 Å². The molecule has 0 radical (unpaired) electrons. The summed E-state index contributed by atoms with van der Waals surface area (Å²) in [5, 5.41) is 3.44. The van der Waals surface area contributed by atoms with Gasteiger partial charge in [-0.3, -0.25) is 9.97 Å². The lowest BCUT2D eigenvalue weighted by molar-refractivity contribution is 0.621.